The number of hydrogen-bond acceptors (Lipinski definition) is 3. The minimum atomic E-state index is -0.283. The Labute approximate surface area is 126 Å². The lowest BCUT2D eigenvalue weighted by molar-refractivity contribution is 0.234. The molecular weight excluding hydrogens is 273 g/mol. The van der Waals surface area contributed by atoms with Crippen LogP contribution in [0.3, 0.4) is 0 Å². The van der Waals surface area contributed by atoms with Crippen LogP contribution >= 0.6 is 12.2 Å². The van der Waals surface area contributed by atoms with Crippen molar-refractivity contribution in [3.63, 3.8) is 0 Å². The van der Waals surface area contributed by atoms with Gasteiger partial charge < -0.3 is 10.6 Å². The van der Waals surface area contributed by atoms with Crippen molar-refractivity contribution in [1.82, 2.24) is 9.80 Å². The molecule has 0 spiro atoms. The van der Waals surface area contributed by atoms with Gasteiger partial charge in [-0.1, -0.05) is 19.1 Å². The number of hydrogen-bond donors (Lipinski definition) is 1. The van der Waals surface area contributed by atoms with Gasteiger partial charge in [0.05, 0.1) is 0 Å². The Hall–Kier alpha value is -1.04. The zero-order chi connectivity index (χ0) is 15.1. The highest BCUT2D eigenvalue weighted by molar-refractivity contribution is 7.80. The molecule has 1 rings (SSSR count). The van der Waals surface area contributed by atoms with Crippen LogP contribution in [0.25, 0.3) is 0 Å². The molecule has 0 atom stereocenters. The van der Waals surface area contributed by atoms with Gasteiger partial charge in [-0.3, -0.25) is 4.90 Å². The van der Waals surface area contributed by atoms with Gasteiger partial charge in [0.25, 0.3) is 0 Å². The molecule has 0 unspecified atom stereocenters. The average Bonchev–Trinajstić information content (AvgIpc) is 2.35. The van der Waals surface area contributed by atoms with Gasteiger partial charge in [-0.2, -0.15) is 0 Å². The lowest BCUT2D eigenvalue weighted by atomic mass is 10.1. The molecule has 0 bridgehead atoms. The summed E-state index contributed by atoms with van der Waals surface area (Å²) >= 11 is 4.92. The molecule has 0 aliphatic heterocycles. The first-order valence-corrected chi connectivity index (χ1v) is 7.29. The summed E-state index contributed by atoms with van der Waals surface area (Å²) in [7, 11) is 4.11. The summed E-state index contributed by atoms with van der Waals surface area (Å²) in [4.78, 5) is 4.70. The highest BCUT2D eigenvalue weighted by Gasteiger charge is 2.09. The molecule has 20 heavy (non-hydrogen) atoms. The molecule has 0 aromatic heterocycles. The van der Waals surface area contributed by atoms with Crippen LogP contribution in [0.2, 0.25) is 0 Å². The zero-order valence-corrected chi connectivity index (χ0v) is 13.3. The number of thiocarbonyl (C=S) groups is 1. The van der Waals surface area contributed by atoms with Gasteiger partial charge in [-0.25, -0.2) is 4.39 Å². The minimum absolute atomic E-state index is 0.237. The first-order valence-electron chi connectivity index (χ1n) is 6.88. The molecule has 0 amide bonds. The summed E-state index contributed by atoms with van der Waals surface area (Å²) in [6.45, 7) is 5.80. The molecule has 112 valence electrons. The number of rotatable bonds is 8. The molecule has 2 N–H and O–H groups in total. The maximum Gasteiger partial charge on any atom is 0.124 e. The van der Waals surface area contributed by atoms with Crippen molar-refractivity contribution in [3.05, 3.63) is 35.1 Å². The van der Waals surface area contributed by atoms with Gasteiger partial charge in [0.1, 0.15) is 10.8 Å². The molecule has 0 heterocycles. The van der Waals surface area contributed by atoms with E-state index in [-0.39, 0.29) is 10.8 Å². The predicted octanol–water partition coefficient (Wildman–Crippen LogP) is 2.23. The third kappa shape index (κ3) is 5.94. The summed E-state index contributed by atoms with van der Waals surface area (Å²) in [6.07, 6.45) is 1.07. The van der Waals surface area contributed by atoms with E-state index < -0.39 is 0 Å². The van der Waals surface area contributed by atoms with Crippen molar-refractivity contribution in [2.45, 2.75) is 19.9 Å². The van der Waals surface area contributed by atoms with Crippen LogP contribution in [-0.2, 0) is 6.54 Å². The normalized spacial score (nSPS) is 11.3. The zero-order valence-electron chi connectivity index (χ0n) is 12.5. The van der Waals surface area contributed by atoms with Crippen molar-refractivity contribution in [3.8, 4) is 0 Å². The van der Waals surface area contributed by atoms with Gasteiger partial charge in [0.2, 0.25) is 0 Å². The topological polar surface area (TPSA) is 32.5 Å². The van der Waals surface area contributed by atoms with Crippen molar-refractivity contribution in [1.29, 1.82) is 0 Å². The van der Waals surface area contributed by atoms with Crippen LogP contribution in [0.15, 0.2) is 18.2 Å². The van der Waals surface area contributed by atoms with E-state index >= 15 is 0 Å². The lowest BCUT2D eigenvalue weighted by Crippen LogP contribution is -2.32. The van der Waals surface area contributed by atoms with E-state index in [9.17, 15) is 4.39 Å². The monoisotopic (exact) mass is 297 g/mol. The Bertz CT molecular complexity index is 449. The second-order valence-electron chi connectivity index (χ2n) is 5.29. The number of benzene rings is 1. The summed E-state index contributed by atoms with van der Waals surface area (Å²) in [5.41, 5.74) is 7.10. The van der Waals surface area contributed by atoms with Gasteiger partial charge in [0.15, 0.2) is 0 Å². The third-order valence-electron chi connectivity index (χ3n) is 3.05. The standard InChI is InChI=1S/C15H24FN3S/c1-4-5-19(7-6-18(2)3)11-12-8-13(15(17)20)10-14(16)9-12/h8-10H,4-7,11H2,1-3H3,(H2,17,20). The smallest absolute Gasteiger partial charge is 0.124 e. The molecule has 0 aliphatic rings. The lowest BCUT2D eigenvalue weighted by Gasteiger charge is -2.24. The van der Waals surface area contributed by atoms with E-state index in [0.29, 0.717) is 5.56 Å². The molecule has 3 nitrogen and oxygen atoms in total. The van der Waals surface area contributed by atoms with Gasteiger partial charge in [-0.05, 0) is 50.8 Å². The molecule has 1 aromatic rings. The van der Waals surface area contributed by atoms with Crippen molar-refractivity contribution in [2.75, 3.05) is 33.7 Å². The fourth-order valence-corrected chi connectivity index (χ4v) is 2.19. The fraction of sp³-hybridized carbons (Fsp3) is 0.533. The summed E-state index contributed by atoms with van der Waals surface area (Å²) < 4.78 is 13.6. The number of halogens is 1. The van der Waals surface area contributed by atoms with E-state index in [1.807, 2.05) is 6.07 Å². The fourth-order valence-electron chi connectivity index (χ4n) is 2.07. The quantitative estimate of drug-likeness (QED) is 0.746. The number of nitrogens with two attached hydrogens (primary N) is 1. The average molecular weight is 297 g/mol. The maximum absolute atomic E-state index is 13.6. The Balaban J connectivity index is 2.79. The van der Waals surface area contributed by atoms with Crippen LogP contribution in [0.1, 0.15) is 24.5 Å². The molecule has 0 saturated heterocycles. The number of nitrogens with zero attached hydrogens (tertiary/aromatic N) is 2. The molecule has 1 aromatic carbocycles. The first-order chi connectivity index (χ1) is 9.42. The highest BCUT2D eigenvalue weighted by atomic mass is 32.1. The van der Waals surface area contributed by atoms with E-state index in [1.54, 1.807) is 6.07 Å². The third-order valence-corrected chi connectivity index (χ3v) is 3.29. The van der Waals surface area contributed by atoms with E-state index in [4.69, 9.17) is 18.0 Å². The second-order valence-corrected chi connectivity index (χ2v) is 5.73. The summed E-state index contributed by atoms with van der Waals surface area (Å²) in [6, 6.07) is 4.82. The summed E-state index contributed by atoms with van der Waals surface area (Å²) in [5.74, 6) is -0.283. The van der Waals surface area contributed by atoms with E-state index in [1.165, 1.54) is 6.07 Å². The first kappa shape index (κ1) is 17.0. The largest absolute Gasteiger partial charge is 0.389 e. The van der Waals surface area contributed by atoms with Crippen LogP contribution in [0.4, 0.5) is 4.39 Å². The van der Waals surface area contributed by atoms with Crippen molar-refractivity contribution >= 4 is 17.2 Å². The van der Waals surface area contributed by atoms with Crippen LogP contribution < -0.4 is 5.73 Å². The van der Waals surface area contributed by atoms with Gasteiger partial charge in [-0.15, -0.1) is 0 Å². The number of likely N-dealkylation sites (N-methyl/N-ethyl adjacent to an activating group) is 1. The van der Waals surface area contributed by atoms with Crippen LogP contribution in [0.5, 0.6) is 0 Å². The molecule has 0 aliphatic carbocycles. The Morgan fingerprint density at radius 3 is 2.45 bits per heavy atom. The van der Waals surface area contributed by atoms with E-state index in [0.717, 1.165) is 38.2 Å². The van der Waals surface area contributed by atoms with Gasteiger partial charge in [0, 0.05) is 25.2 Å². The Morgan fingerprint density at radius 2 is 1.90 bits per heavy atom. The molecule has 0 radical (unpaired) electrons. The molecule has 0 saturated carbocycles. The Kier molecular flexibility index (Phi) is 7.05. The predicted molar refractivity (Wildman–Crippen MR) is 86.4 cm³/mol. The van der Waals surface area contributed by atoms with Crippen LogP contribution in [0, 0.1) is 5.82 Å². The SMILES string of the molecule is CCCN(CCN(C)C)Cc1cc(F)cc(C(N)=S)c1. The maximum atomic E-state index is 13.6. The Morgan fingerprint density at radius 1 is 1.20 bits per heavy atom. The van der Waals surface area contributed by atoms with E-state index in [2.05, 4.69) is 30.8 Å². The van der Waals surface area contributed by atoms with Crippen molar-refractivity contribution in [2.24, 2.45) is 5.73 Å². The highest BCUT2D eigenvalue weighted by Crippen LogP contribution is 2.12. The molecular formula is C15H24FN3S. The van der Waals surface area contributed by atoms with Crippen molar-refractivity contribution < 1.29 is 4.39 Å². The van der Waals surface area contributed by atoms with Crippen LogP contribution in [-0.4, -0.2) is 48.5 Å². The summed E-state index contributed by atoms with van der Waals surface area (Å²) in [5, 5.41) is 0. The molecule has 5 heteroatoms. The minimum Gasteiger partial charge on any atom is -0.389 e. The van der Waals surface area contributed by atoms with Gasteiger partial charge >= 0.3 is 0 Å². The molecule has 0 fully saturated rings. The second kappa shape index (κ2) is 8.29.